The van der Waals surface area contributed by atoms with Gasteiger partial charge in [0.25, 0.3) is 5.91 Å². The fourth-order valence-corrected chi connectivity index (χ4v) is 2.85. The number of amides is 1. The highest BCUT2D eigenvalue weighted by molar-refractivity contribution is 5.93. The van der Waals surface area contributed by atoms with Crippen LogP contribution in [0.2, 0.25) is 0 Å². The molecule has 1 aliphatic rings. The average molecular weight is 496 g/mol. The Kier molecular flexibility index (Phi) is 8.17. The van der Waals surface area contributed by atoms with Gasteiger partial charge in [-0.15, -0.1) is 13.2 Å². The van der Waals surface area contributed by atoms with E-state index in [9.17, 15) is 28.1 Å². The number of rotatable bonds is 6. The minimum Gasteiger partial charge on any atom is -0.443 e. The van der Waals surface area contributed by atoms with Crippen LogP contribution in [-0.2, 0) is 17.9 Å². The number of aromatic nitrogens is 3. The van der Waals surface area contributed by atoms with E-state index in [-0.39, 0.29) is 42.8 Å². The van der Waals surface area contributed by atoms with Gasteiger partial charge in [0.05, 0.1) is 13.2 Å². The number of carbonyl (C=O) groups excluding carboxylic acids is 1. The van der Waals surface area contributed by atoms with Gasteiger partial charge in [0, 0.05) is 22.9 Å². The third-order valence-corrected chi connectivity index (χ3v) is 4.43. The van der Waals surface area contributed by atoms with Crippen molar-refractivity contribution in [3.8, 4) is 11.8 Å². The number of nitrogens with two attached hydrogens (primary N) is 1. The Balaban J connectivity index is 0.000000287. The van der Waals surface area contributed by atoms with Crippen molar-refractivity contribution in [3.05, 3.63) is 76.2 Å². The molecule has 15 heteroatoms. The predicted octanol–water partition coefficient (Wildman–Crippen LogP) is 2.35. The number of nitrogens with one attached hydrogen (secondary N) is 1. The van der Waals surface area contributed by atoms with E-state index in [1.165, 1.54) is 47.4 Å². The Morgan fingerprint density at radius 1 is 1.26 bits per heavy atom. The monoisotopic (exact) mass is 496 g/mol. The van der Waals surface area contributed by atoms with Gasteiger partial charge in [0.2, 0.25) is 0 Å². The molecule has 0 radical (unpaired) electrons. The first-order valence-electron chi connectivity index (χ1n) is 9.86. The number of nitro groups is 1. The van der Waals surface area contributed by atoms with Crippen LogP contribution in [0.1, 0.15) is 15.9 Å². The molecular formula is C20H19F3N6O6. The molecular weight excluding hydrogens is 477 g/mol. The van der Waals surface area contributed by atoms with E-state index in [1.54, 1.807) is 12.1 Å². The first kappa shape index (κ1) is 25.4. The zero-order valence-corrected chi connectivity index (χ0v) is 17.8. The molecule has 3 heterocycles. The maximum atomic E-state index is 12.1. The number of fused-ring (bicyclic) bond motifs is 1. The Morgan fingerprint density at radius 3 is 2.54 bits per heavy atom. The smallest absolute Gasteiger partial charge is 0.443 e. The lowest BCUT2D eigenvalue weighted by Gasteiger charge is -2.22. The number of hydrogen-bond acceptors (Lipinski definition) is 9. The van der Waals surface area contributed by atoms with Gasteiger partial charge in [-0.05, 0) is 34.8 Å². The van der Waals surface area contributed by atoms with Crippen molar-refractivity contribution in [2.75, 3.05) is 6.61 Å². The van der Waals surface area contributed by atoms with E-state index in [4.69, 9.17) is 15.3 Å². The molecule has 4 rings (SSSR count). The maximum Gasteiger partial charge on any atom is 0.573 e. The van der Waals surface area contributed by atoms with E-state index < -0.39 is 11.3 Å². The summed E-state index contributed by atoms with van der Waals surface area (Å²) in [5.41, 5.74) is 3.18. The van der Waals surface area contributed by atoms with Crippen LogP contribution in [0, 0.1) is 10.1 Å². The van der Waals surface area contributed by atoms with E-state index in [1.807, 2.05) is 5.43 Å². The molecule has 0 bridgehead atoms. The van der Waals surface area contributed by atoms with Crippen molar-refractivity contribution < 1.29 is 37.1 Å². The highest BCUT2D eigenvalue weighted by atomic mass is 19.4. The van der Waals surface area contributed by atoms with E-state index >= 15 is 0 Å². The van der Waals surface area contributed by atoms with Crippen LogP contribution < -0.4 is 20.7 Å². The van der Waals surface area contributed by atoms with Gasteiger partial charge >= 0.3 is 18.2 Å². The lowest BCUT2D eigenvalue weighted by atomic mass is 10.2. The van der Waals surface area contributed by atoms with Crippen LogP contribution in [0.25, 0.3) is 0 Å². The molecule has 35 heavy (non-hydrogen) atoms. The summed E-state index contributed by atoms with van der Waals surface area (Å²) in [7, 11) is 0. The first-order chi connectivity index (χ1) is 16.6. The number of halogens is 3. The summed E-state index contributed by atoms with van der Waals surface area (Å²) in [5.74, 6) is 3.96. The zero-order chi connectivity index (χ0) is 25.4. The number of benzene rings is 1. The van der Waals surface area contributed by atoms with Gasteiger partial charge < -0.3 is 24.3 Å². The third kappa shape index (κ3) is 7.65. The number of nitrogen functional groups attached to an aromatic ring is 1. The molecule has 2 aromatic heterocycles. The predicted molar refractivity (Wildman–Crippen MR) is 112 cm³/mol. The van der Waals surface area contributed by atoms with E-state index in [0.29, 0.717) is 17.7 Å². The number of hydrogen-bond donors (Lipinski definition) is 2. The van der Waals surface area contributed by atoms with E-state index in [0.717, 1.165) is 0 Å². The third-order valence-electron chi connectivity index (χ3n) is 4.43. The van der Waals surface area contributed by atoms with Crippen molar-refractivity contribution in [1.29, 1.82) is 0 Å². The molecule has 0 saturated heterocycles. The molecule has 1 aromatic carbocycles. The lowest BCUT2D eigenvalue weighted by molar-refractivity contribution is -0.389. The molecule has 0 saturated carbocycles. The topological polar surface area (TPSA) is 157 Å². The number of hydrazine groups is 1. The van der Waals surface area contributed by atoms with Crippen LogP contribution >= 0.6 is 0 Å². The van der Waals surface area contributed by atoms with Crippen molar-refractivity contribution in [3.63, 3.8) is 0 Å². The molecule has 3 aromatic rings. The summed E-state index contributed by atoms with van der Waals surface area (Å²) >= 11 is 0. The van der Waals surface area contributed by atoms with Gasteiger partial charge in [-0.3, -0.25) is 19.8 Å². The van der Waals surface area contributed by atoms with E-state index in [2.05, 4.69) is 14.7 Å². The van der Waals surface area contributed by atoms with Crippen LogP contribution in [0.5, 0.6) is 11.8 Å². The molecule has 0 aliphatic carbocycles. The Morgan fingerprint density at radius 2 is 1.94 bits per heavy atom. The summed E-state index contributed by atoms with van der Waals surface area (Å²) < 4.78 is 52.5. The number of nitrogens with zero attached hydrogens (tertiary/aromatic N) is 4. The first-order valence-corrected chi connectivity index (χ1v) is 9.86. The number of imidazole rings is 1. The standard InChI is InChI=1S/C14H12F3N3O5.C6H7N3O/c15-14(16,17)25-10-3-1-9(2-4-10)7-23-11-5-19-6-12(20(21)22)18-13(19)24-8-11;7-9-6(10)5-1-3-8-4-2-5/h1-4,6,11H,5,7-8H2;1-4H,7H2,(H,9,10)/t11-;/m0./s1. The summed E-state index contributed by atoms with van der Waals surface area (Å²) in [4.78, 5) is 28.3. The van der Waals surface area contributed by atoms with Crippen LogP contribution in [0.15, 0.2) is 55.0 Å². The fraction of sp³-hybridized carbons (Fsp3) is 0.250. The number of pyridine rings is 1. The number of ether oxygens (including phenoxy) is 3. The largest absolute Gasteiger partial charge is 0.573 e. The number of carbonyl (C=O) groups is 1. The minimum absolute atomic E-state index is 0.145. The van der Waals surface area contributed by atoms with Crippen LogP contribution in [-0.4, -0.2) is 44.4 Å². The Bertz CT molecular complexity index is 1140. The van der Waals surface area contributed by atoms with Gasteiger partial charge in [-0.2, -0.15) is 0 Å². The van der Waals surface area contributed by atoms with Gasteiger partial charge in [-0.1, -0.05) is 12.1 Å². The highest BCUT2D eigenvalue weighted by Gasteiger charge is 2.31. The van der Waals surface area contributed by atoms with Crippen molar-refractivity contribution in [1.82, 2.24) is 20.0 Å². The van der Waals surface area contributed by atoms with Crippen molar-refractivity contribution in [2.24, 2.45) is 5.84 Å². The normalized spacial score (nSPS) is 14.6. The Labute approximate surface area is 195 Å². The molecule has 1 atom stereocenters. The number of alkyl halides is 3. The lowest BCUT2D eigenvalue weighted by Crippen LogP contribution is -2.32. The highest BCUT2D eigenvalue weighted by Crippen LogP contribution is 2.24. The molecule has 0 spiro atoms. The molecule has 1 amide bonds. The maximum absolute atomic E-state index is 12.1. The van der Waals surface area contributed by atoms with Crippen molar-refractivity contribution in [2.45, 2.75) is 25.6 Å². The quantitative estimate of drug-likeness (QED) is 0.226. The Hall–Kier alpha value is -4.24. The molecule has 12 nitrogen and oxygen atoms in total. The van der Waals surface area contributed by atoms with Crippen LogP contribution in [0.3, 0.4) is 0 Å². The molecule has 0 unspecified atom stereocenters. The fourth-order valence-electron chi connectivity index (χ4n) is 2.85. The van der Waals surface area contributed by atoms with Gasteiger partial charge in [-0.25, -0.2) is 5.84 Å². The second-order valence-electron chi connectivity index (χ2n) is 6.94. The van der Waals surface area contributed by atoms with Crippen molar-refractivity contribution >= 4 is 11.7 Å². The molecule has 186 valence electrons. The zero-order valence-electron chi connectivity index (χ0n) is 17.8. The second-order valence-corrected chi connectivity index (χ2v) is 6.94. The van der Waals surface area contributed by atoms with Gasteiger partial charge in [0.15, 0.2) is 0 Å². The summed E-state index contributed by atoms with van der Waals surface area (Å²) in [6, 6.07) is 8.63. The molecule has 0 fully saturated rings. The average Bonchev–Trinajstić information content (AvgIpc) is 3.27. The summed E-state index contributed by atoms with van der Waals surface area (Å²) in [6.45, 7) is 0.640. The summed E-state index contributed by atoms with van der Waals surface area (Å²) in [5, 5.41) is 10.7. The summed E-state index contributed by atoms with van der Waals surface area (Å²) in [6.07, 6.45) is -0.779. The molecule has 3 N–H and O–H groups in total. The molecule has 1 aliphatic heterocycles. The van der Waals surface area contributed by atoms with Crippen LogP contribution in [0.4, 0.5) is 19.0 Å². The second kappa shape index (κ2) is 11.3. The minimum atomic E-state index is -4.73. The SMILES string of the molecule is NNC(=O)c1ccncc1.O=[N+]([O-])c1cn2c(n1)OC[C@@H](OCc1ccc(OC(F)(F)F)cc1)C2. The van der Waals surface area contributed by atoms with Gasteiger partial charge in [0.1, 0.15) is 24.7 Å².